The number of hydrogen-bond donors (Lipinski definition) is 1. The molecule has 1 heterocycles. The summed E-state index contributed by atoms with van der Waals surface area (Å²) in [6, 6.07) is 11.6. The van der Waals surface area contributed by atoms with Crippen molar-refractivity contribution in [3.05, 3.63) is 53.9 Å². The molecule has 0 fully saturated rings. The van der Waals surface area contributed by atoms with Crippen molar-refractivity contribution >= 4 is 11.8 Å². The van der Waals surface area contributed by atoms with Crippen LogP contribution in [0.15, 0.2) is 42.6 Å². The number of nitrogens with zero attached hydrogens (tertiary/aromatic N) is 1. The highest BCUT2D eigenvalue weighted by Crippen LogP contribution is 2.35. The Labute approximate surface area is 184 Å². The zero-order valence-electron chi connectivity index (χ0n) is 19.0. The van der Waals surface area contributed by atoms with Crippen LogP contribution < -0.4 is 4.74 Å². The minimum atomic E-state index is -0.666. The molecule has 0 aliphatic carbocycles. The van der Waals surface area contributed by atoms with Gasteiger partial charge in [0, 0.05) is 24.6 Å². The number of carbonyl (C=O) groups is 2. The summed E-state index contributed by atoms with van der Waals surface area (Å²) in [5.41, 5.74) is 1.04. The monoisotopic (exact) mass is 427 g/mol. The lowest BCUT2D eigenvalue weighted by Crippen LogP contribution is -2.30. The van der Waals surface area contributed by atoms with Gasteiger partial charge >= 0.3 is 5.97 Å². The van der Waals surface area contributed by atoms with E-state index in [0.717, 1.165) is 18.4 Å². The quantitative estimate of drug-likeness (QED) is 0.394. The number of esters is 1. The molecule has 6 heteroatoms. The van der Waals surface area contributed by atoms with Gasteiger partial charge in [-0.3, -0.25) is 9.59 Å². The van der Waals surface area contributed by atoms with Gasteiger partial charge in [-0.15, -0.1) is 0 Å². The Balaban J connectivity index is 2.10. The van der Waals surface area contributed by atoms with E-state index in [2.05, 4.69) is 31.0 Å². The largest absolute Gasteiger partial charge is 0.503 e. The van der Waals surface area contributed by atoms with E-state index in [1.165, 1.54) is 19.4 Å². The summed E-state index contributed by atoms with van der Waals surface area (Å²) in [5, 5.41) is 10.1. The first-order valence-electron chi connectivity index (χ1n) is 10.8. The maximum absolute atomic E-state index is 12.8. The van der Waals surface area contributed by atoms with Crippen LogP contribution in [0.2, 0.25) is 0 Å². The first-order valence-corrected chi connectivity index (χ1v) is 10.8. The smallest absolute Gasteiger partial charge is 0.309 e. The van der Waals surface area contributed by atoms with Crippen LogP contribution >= 0.6 is 0 Å². The van der Waals surface area contributed by atoms with E-state index < -0.39 is 17.7 Å². The van der Waals surface area contributed by atoms with Gasteiger partial charge in [0.15, 0.2) is 23.0 Å². The number of hydrogen-bond acceptors (Lipinski definition) is 6. The molecule has 6 nitrogen and oxygen atoms in total. The fraction of sp³-hybridized carbons (Fsp3) is 0.480. The molecule has 2 rings (SSSR count). The van der Waals surface area contributed by atoms with Crippen molar-refractivity contribution in [2.75, 3.05) is 7.11 Å². The third-order valence-corrected chi connectivity index (χ3v) is 5.81. The molecular formula is C25H33NO5. The minimum Gasteiger partial charge on any atom is -0.503 e. The van der Waals surface area contributed by atoms with E-state index in [0.29, 0.717) is 5.92 Å². The lowest BCUT2D eigenvalue weighted by atomic mass is 9.79. The normalized spacial score (nSPS) is 14.0. The van der Waals surface area contributed by atoms with Crippen LogP contribution in [0, 0.1) is 11.8 Å². The zero-order valence-corrected chi connectivity index (χ0v) is 19.0. The molecule has 0 spiro atoms. The highest BCUT2D eigenvalue weighted by molar-refractivity contribution is 5.99. The summed E-state index contributed by atoms with van der Waals surface area (Å²) in [6.45, 7) is 7.86. The molecule has 0 radical (unpaired) electrons. The molecule has 0 saturated heterocycles. The van der Waals surface area contributed by atoms with E-state index in [1.807, 2.05) is 25.1 Å². The number of pyridine rings is 1. The van der Waals surface area contributed by atoms with Crippen LogP contribution in [-0.4, -0.2) is 35.1 Å². The van der Waals surface area contributed by atoms with E-state index in [1.54, 1.807) is 6.92 Å². The fourth-order valence-electron chi connectivity index (χ4n) is 4.03. The summed E-state index contributed by atoms with van der Waals surface area (Å²) in [7, 11) is 1.40. The summed E-state index contributed by atoms with van der Waals surface area (Å²) in [6.07, 6.45) is 2.90. The number of carbonyl (C=O) groups excluding carboxylic acids is 2. The summed E-state index contributed by atoms with van der Waals surface area (Å²) < 4.78 is 10.8. The van der Waals surface area contributed by atoms with Crippen molar-refractivity contribution in [1.29, 1.82) is 0 Å². The van der Waals surface area contributed by atoms with E-state index >= 15 is 0 Å². The topological polar surface area (TPSA) is 85.7 Å². The lowest BCUT2D eigenvalue weighted by Gasteiger charge is -2.31. The molecule has 0 aliphatic heterocycles. The highest BCUT2D eigenvalue weighted by atomic mass is 16.5. The standard InChI is InChI=1S/C25H33NO5/c1-6-18(7-2)22(19-11-9-8-10-12-19)17(4)31-25(29)16(3)15-20(27)23-24(28)21(30-5)13-14-26-23/h8-14,16-18,22,28H,6-7,15H2,1-5H3/t16-,17?,22+/m1/s1. The lowest BCUT2D eigenvalue weighted by molar-refractivity contribution is -0.154. The molecule has 1 N–H and O–H groups in total. The summed E-state index contributed by atoms with van der Waals surface area (Å²) in [4.78, 5) is 29.3. The number of benzene rings is 1. The summed E-state index contributed by atoms with van der Waals surface area (Å²) >= 11 is 0. The molecular weight excluding hydrogens is 394 g/mol. The number of aromatic hydroxyl groups is 1. The molecule has 31 heavy (non-hydrogen) atoms. The number of aromatic nitrogens is 1. The van der Waals surface area contributed by atoms with E-state index in [-0.39, 0.29) is 35.6 Å². The van der Waals surface area contributed by atoms with Crippen LogP contribution in [0.3, 0.4) is 0 Å². The van der Waals surface area contributed by atoms with Gasteiger partial charge in [-0.05, 0) is 18.4 Å². The van der Waals surface area contributed by atoms with Gasteiger partial charge in [-0.1, -0.05) is 63.9 Å². The second-order valence-electron chi connectivity index (χ2n) is 7.89. The van der Waals surface area contributed by atoms with Gasteiger partial charge in [0.25, 0.3) is 0 Å². The van der Waals surface area contributed by atoms with Crippen molar-refractivity contribution in [2.24, 2.45) is 11.8 Å². The maximum atomic E-state index is 12.8. The Hall–Kier alpha value is -2.89. The van der Waals surface area contributed by atoms with Gasteiger partial charge in [-0.2, -0.15) is 0 Å². The second kappa shape index (κ2) is 11.5. The van der Waals surface area contributed by atoms with Gasteiger partial charge in [0.2, 0.25) is 0 Å². The average Bonchev–Trinajstić information content (AvgIpc) is 2.77. The third kappa shape index (κ3) is 6.06. The summed E-state index contributed by atoms with van der Waals surface area (Å²) in [5.74, 6) is -1.24. The van der Waals surface area contributed by atoms with Gasteiger partial charge in [-0.25, -0.2) is 4.98 Å². The first-order chi connectivity index (χ1) is 14.8. The van der Waals surface area contributed by atoms with Crippen LogP contribution in [0.4, 0.5) is 0 Å². The molecule has 0 saturated carbocycles. The highest BCUT2D eigenvalue weighted by Gasteiger charge is 2.31. The van der Waals surface area contributed by atoms with Crippen molar-refractivity contribution in [3.8, 4) is 11.5 Å². The molecule has 2 aromatic rings. The average molecular weight is 428 g/mol. The van der Waals surface area contributed by atoms with Crippen LogP contribution in [0.25, 0.3) is 0 Å². The second-order valence-corrected chi connectivity index (χ2v) is 7.89. The molecule has 0 bridgehead atoms. The number of methoxy groups -OCH3 is 1. The number of rotatable bonds is 11. The molecule has 1 aromatic heterocycles. The Morgan fingerprint density at radius 2 is 1.71 bits per heavy atom. The van der Waals surface area contributed by atoms with Crippen molar-refractivity contribution in [2.45, 2.75) is 59.0 Å². The number of Topliss-reactive ketones (excluding diaryl/α,β-unsaturated/α-hetero) is 1. The Bertz CT molecular complexity index is 863. The minimum absolute atomic E-state index is 0.0761. The number of ketones is 1. The molecule has 1 aromatic carbocycles. The van der Waals surface area contributed by atoms with Crippen molar-refractivity contribution in [1.82, 2.24) is 4.98 Å². The molecule has 0 amide bonds. The van der Waals surface area contributed by atoms with E-state index in [9.17, 15) is 14.7 Å². The Morgan fingerprint density at radius 1 is 1.06 bits per heavy atom. The molecule has 3 atom stereocenters. The predicted molar refractivity (Wildman–Crippen MR) is 119 cm³/mol. The van der Waals surface area contributed by atoms with E-state index in [4.69, 9.17) is 9.47 Å². The SMILES string of the molecule is CCC(CC)[C@@H](c1ccccc1)C(C)OC(=O)[C@H](C)CC(=O)c1nccc(OC)c1O. The van der Waals surface area contributed by atoms with Crippen molar-refractivity contribution < 1.29 is 24.2 Å². The number of ether oxygens (including phenoxy) is 2. The fourth-order valence-corrected chi connectivity index (χ4v) is 4.03. The van der Waals surface area contributed by atoms with Crippen molar-refractivity contribution in [3.63, 3.8) is 0 Å². The molecule has 1 unspecified atom stereocenters. The molecule has 0 aliphatic rings. The van der Waals surface area contributed by atoms with Gasteiger partial charge in [0.05, 0.1) is 13.0 Å². The van der Waals surface area contributed by atoms with Crippen LogP contribution in [-0.2, 0) is 9.53 Å². The third-order valence-electron chi connectivity index (χ3n) is 5.81. The van der Waals surface area contributed by atoms with Gasteiger partial charge < -0.3 is 14.6 Å². The van der Waals surface area contributed by atoms with Gasteiger partial charge in [0.1, 0.15) is 6.10 Å². The first kappa shape index (κ1) is 24.4. The van der Waals surface area contributed by atoms with Crippen LogP contribution in [0.1, 0.15) is 68.9 Å². The predicted octanol–water partition coefficient (Wildman–Crippen LogP) is 5.16. The Morgan fingerprint density at radius 3 is 2.29 bits per heavy atom. The maximum Gasteiger partial charge on any atom is 0.309 e. The van der Waals surface area contributed by atoms with Crippen LogP contribution in [0.5, 0.6) is 11.5 Å². The Kier molecular flexibility index (Phi) is 9.03. The zero-order chi connectivity index (χ0) is 23.0. The molecule has 168 valence electrons.